The third-order valence-corrected chi connectivity index (χ3v) is 6.25. The van der Waals surface area contributed by atoms with Gasteiger partial charge in [-0.1, -0.05) is 41.5 Å². The molecule has 0 spiro atoms. The standard InChI is InChI=1S/C24H35NO2/c1-14(2)11-18-17(5)15(3)12-19-20-16(4)13-27-24(9-10-26,23(6,7)8)22(20)25-21(18)19/h10,12,14,16,25H,9,11,13H2,1-8H3/t16?,24-/m1/s1/i6D3. The van der Waals surface area contributed by atoms with Gasteiger partial charge in [0.15, 0.2) is 0 Å². The monoisotopic (exact) mass is 372 g/mol. The largest absolute Gasteiger partial charge is 0.367 e. The van der Waals surface area contributed by atoms with E-state index in [4.69, 9.17) is 8.85 Å². The third kappa shape index (κ3) is 3.04. The summed E-state index contributed by atoms with van der Waals surface area (Å²) in [4.78, 5) is 15.4. The van der Waals surface area contributed by atoms with Crippen molar-refractivity contribution in [1.29, 1.82) is 0 Å². The molecular formula is C24H35NO2. The molecule has 0 bridgehead atoms. The van der Waals surface area contributed by atoms with Crippen LogP contribution in [0.1, 0.15) is 85.9 Å². The number of carbonyl (C=O) groups excluding carboxylic acids is 1. The van der Waals surface area contributed by atoms with Crippen LogP contribution in [0.5, 0.6) is 0 Å². The van der Waals surface area contributed by atoms with Crippen LogP contribution >= 0.6 is 0 Å². The van der Waals surface area contributed by atoms with Gasteiger partial charge in [0.25, 0.3) is 0 Å². The summed E-state index contributed by atoms with van der Waals surface area (Å²) >= 11 is 0. The minimum Gasteiger partial charge on any atom is -0.367 e. The highest BCUT2D eigenvalue weighted by Crippen LogP contribution is 2.52. The molecule has 0 radical (unpaired) electrons. The van der Waals surface area contributed by atoms with Crippen molar-refractivity contribution in [3.63, 3.8) is 0 Å². The van der Waals surface area contributed by atoms with Crippen molar-refractivity contribution in [2.75, 3.05) is 6.61 Å². The van der Waals surface area contributed by atoms with Crippen LogP contribution in [0, 0.1) is 25.2 Å². The Bertz CT molecular complexity index is 971. The number of aryl methyl sites for hydroxylation is 1. The number of H-pyrrole nitrogens is 1. The molecule has 27 heavy (non-hydrogen) atoms. The van der Waals surface area contributed by atoms with Gasteiger partial charge in [-0.25, -0.2) is 0 Å². The molecule has 1 unspecified atom stereocenters. The molecule has 0 saturated heterocycles. The van der Waals surface area contributed by atoms with E-state index in [1.807, 2.05) is 0 Å². The lowest BCUT2D eigenvalue weighted by Crippen LogP contribution is -2.47. The Morgan fingerprint density at radius 3 is 2.74 bits per heavy atom. The smallest absolute Gasteiger partial charge is 0.123 e. The van der Waals surface area contributed by atoms with Gasteiger partial charge in [-0.05, 0) is 59.9 Å². The molecule has 0 fully saturated rings. The highest BCUT2D eigenvalue weighted by atomic mass is 16.5. The Balaban J connectivity index is 2.43. The van der Waals surface area contributed by atoms with E-state index in [0.29, 0.717) is 12.5 Å². The highest BCUT2D eigenvalue weighted by Gasteiger charge is 2.50. The molecule has 0 amide bonds. The third-order valence-electron chi connectivity index (χ3n) is 6.25. The first kappa shape index (κ1) is 16.4. The molecule has 1 N–H and O–H groups in total. The number of benzene rings is 1. The van der Waals surface area contributed by atoms with Gasteiger partial charge in [-0.15, -0.1) is 0 Å². The molecule has 0 saturated carbocycles. The molecule has 1 aromatic carbocycles. The lowest BCUT2D eigenvalue weighted by Gasteiger charge is -2.47. The van der Waals surface area contributed by atoms with Crippen molar-refractivity contribution >= 4 is 17.2 Å². The van der Waals surface area contributed by atoms with Gasteiger partial charge in [0.2, 0.25) is 0 Å². The minimum absolute atomic E-state index is 0.00239. The maximum absolute atomic E-state index is 11.8. The number of carbonyl (C=O) groups is 1. The molecule has 148 valence electrons. The van der Waals surface area contributed by atoms with Crippen LogP contribution < -0.4 is 0 Å². The van der Waals surface area contributed by atoms with Crippen molar-refractivity contribution in [2.45, 2.75) is 79.7 Å². The lowest BCUT2D eigenvalue weighted by molar-refractivity contribution is -0.151. The fourth-order valence-electron chi connectivity index (χ4n) is 4.61. The zero-order chi connectivity index (χ0) is 22.6. The van der Waals surface area contributed by atoms with E-state index in [1.165, 1.54) is 16.7 Å². The normalized spacial score (nSPS) is 25.2. The summed E-state index contributed by atoms with van der Waals surface area (Å²) in [6, 6.07) is 2.21. The van der Waals surface area contributed by atoms with Gasteiger partial charge in [0, 0.05) is 27.4 Å². The summed E-state index contributed by atoms with van der Waals surface area (Å²) in [6.45, 7) is 12.3. The molecule has 3 rings (SSSR count). The zero-order valence-electron chi connectivity index (χ0n) is 20.7. The summed E-state index contributed by atoms with van der Waals surface area (Å²) in [5, 5.41) is 1.14. The van der Waals surface area contributed by atoms with E-state index in [2.05, 4.69) is 45.7 Å². The Morgan fingerprint density at radius 2 is 2.15 bits per heavy atom. The first-order valence-corrected chi connectivity index (χ1v) is 10.0. The Morgan fingerprint density at radius 1 is 1.44 bits per heavy atom. The van der Waals surface area contributed by atoms with Gasteiger partial charge in [-0.2, -0.15) is 0 Å². The second kappa shape index (κ2) is 6.77. The molecule has 1 aliphatic rings. The maximum atomic E-state index is 11.8. The van der Waals surface area contributed by atoms with Crippen LogP contribution in [-0.2, 0) is 21.6 Å². The number of hydrogen-bond acceptors (Lipinski definition) is 2. The molecule has 1 aromatic heterocycles. The number of nitrogens with one attached hydrogen (secondary N) is 1. The molecule has 2 atom stereocenters. The predicted molar refractivity (Wildman–Crippen MR) is 112 cm³/mol. The number of hydrogen-bond donors (Lipinski definition) is 1. The second-order valence-electron chi connectivity index (χ2n) is 9.27. The minimum atomic E-state index is -2.29. The summed E-state index contributed by atoms with van der Waals surface area (Å²) in [5.74, 6) is 0.594. The molecule has 1 aliphatic heterocycles. The summed E-state index contributed by atoms with van der Waals surface area (Å²) < 4.78 is 31.0. The van der Waals surface area contributed by atoms with E-state index < -0.39 is 17.9 Å². The van der Waals surface area contributed by atoms with Crippen LogP contribution in [0.15, 0.2) is 6.07 Å². The van der Waals surface area contributed by atoms with Crippen molar-refractivity contribution < 1.29 is 13.6 Å². The van der Waals surface area contributed by atoms with Crippen molar-refractivity contribution in [2.24, 2.45) is 11.3 Å². The average Bonchev–Trinajstić information content (AvgIpc) is 3.00. The number of aromatic amines is 1. The highest BCUT2D eigenvalue weighted by molar-refractivity contribution is 5.90. The number of fused-ring (bicyclic) bond motifs is 3. The van der Waals surface area contributed by atoms with Gasteiger partial charge in [0.05, 0.1) is 12.3 Å². The molecular weight excluding hydrogens is 334 g/mol. The van der Waals surface area contributed by atoms with E-state index in [9.17, 15) is 4.79 Å². The van der Waals surface area contributed by atoms with Crippen molar-refractivity contribution in [3.05, 3.63) is 34.0 Å². The fraction of sp³-hybridized carbons (Fsp3) is 0.625. The molecule has 0 aliphatic carbocycles. The first-order valence-electron chi connectivity index (χ1n) is 11.5. The van der Waals surface area contributed by atoms with Gasteiger partial charge in [-0.3, -0.25) is 0 Å². The van der Waals surface area contributed by atoms with E-state index in [-0.39, 0.29) is 12.3 Å². The quantitative estimate of drug-likeness (QED) is 0.674. The van der Waals surface area contributed by atoms with Crippen LogP contribution in [-0.4, -0.2) is 17.9 Å². The molecule has 3 heteroatoms. The summed E-state index contributed by atoms with van der Waals surface area (Å²) in [7, 11) is 0. The lowest BCUT2D eigenvalue weighted by atomic mass is 9.69. The van der Waals surface area contributed by atoms with Crippen LogP contribution in [0.25, 0.3) is 10.9 Å². The van der Waals surface area contributed by atoms with E-state index in [1.54, 1.807) is 13.8 Å². The summed E-state index contributed by atoms with van der Waals surface area (Å²) in [6.07, 6.45) is 1.73. The number of rotatable bonds is 4. The first-order chi connectivity index (χ1) is 13.8. The SMILES string of the molecule is [2H]C([2H])([2H])C(C)(C)[C@]1(CC=O)OCC(C)c2c1[nH]c1c(CC(C)C)c(C)c(C)cc21. The Kier molecular flexibility index (Phi) is 4.10. The van der Waals surface area contributed by atoms with Crippen molar-refractivity contribution in [3.8, 4) is 0 Å². The van der Waals surface area contributed by atoms with E-state index in [0.717, 1.165) is 34.9 Å². The molecule has 2 aromatic rings. The number of aromatic nitrogens is 1. The van der Waals surface area contributed by atoms with E-state index >= 15 is 0 Å². The van der Waals surface area contributed by atoms with Crippen LogP contribution in [0.3, 0.4) is 0 Å². The zero-order valence-corrected chi connectivity index (χ0v) is 17.7. The molecule has 3 nitrogen and oxygen atoms in total. The summed E-state index contributed by atoms with van der Waals surface area (Å²) in [5.41, 5.74) is 4.22. The van der Waals surface area contributed by atoms with Gasteiger partial charge >= 0.3 is 0 Å². The number of aldehydes is 1. The van der Waals surface area contributed by atoms with Gasteiger partial charge < -0.3 is 14.5 Å². The van der Waals surface area contributed by atoms with Crippen LogP contribution in [0.4, 0.5) is 0 Å². The molecule has 2 heterocycles. The topological polar surface area (TPSA) is 42.1 Å². The predicted octanol–water partition coefficient (Wildman–Crippen LogP) is 5.95. The van der Waals surface area contributed by atoms with Gasteiger partial charge in [0.1, 0.15) is 11.9 Å². The Labute approximate surface area is 168 Å². The average molecular weight is 373 g/mol. The number of ether oxygens (including phenoxy) is 1. The fourth-order valence-corrected chi connectivity index (χ4v) is 4.61. The second-order valence-corrected chi connectivity index (χ2v) is 9.27. The maximum Gasteiger partial charge on any atom is 0.123 e. The Hall–Kier alpha value is -1.61. The van der Waals surface area contributed by atoms with Crippen molar-refractivity contribution in [1.82, 2.24) is 4.98 Å². The van der Waals surface area contributed by atoms with Crippen LogP contribution in [0.2, 0.25) is 0 Å².